The highest BCUT2D eigenvalue weighted by atomic mass is 32.2. The van der Waals surface area contributed by atoms with Crippen molar-refractivity contribution in [1.82, 2.24) is 10.6 Å². The zero-order valence-electron chi connectivity index (χ0n) is 13.6. The smallest absolute Gasteiger partial charge is 0.243 e. The summed E-state index contributed by atoms with van der Waals surface area (Å²) in [5.41, 5.74) is 5.31. The lowest BCUT2D eigenvalue weighted by Gasteiger charge is -2.17. The summed E-state index contributed by atoms with van der Waals surface area (Å²) >= 11 is 1.28. The number of carbonyl (C=O) groups is 3. The van der Waals surface area contributed by atoms with Gasteiger partial charge in [-0.05, 0) is 12.8 Å². The molecule has 0 aliphatic heterocycles. The first-order chi connectivity index (χ1) is 10.9. The molecule has 2 amide bonds. The minimum atomic E-state index is -0.847. The molecular weight excluding hydrogens is 318 g/mol. The van der Waals surface area contributed by atoms with Crippen LogP contribution in [0.25, 0.3) is 0 Å². The molecule has 0 bridgehead atoms. The van der Waals surface area contributed by atoms with E-state index in [2.05, 4.69) is 17.2 Å². The Labute approximate surface area is 141 Å². The summed E-state index contributed by atoms with van der Waals surface area (Å²) in [5, 5.41) is 14.5. The lowest BCUT2D eigenvalue weighted by molar-refractivity contribution is -0.129. The van der Waals surface area contributed by atoms with Crippen molar-refractivity contribution in [2.24, 2.45) is 5.73 Å². The molecule has 0 radical (unpaired) electrons. The lowest BCUT2D eigenvalue weighted by atomic mass is 10.1. The van der Waals surface area contributed by atoms with E-state index in [-0.39, 0.29) is 23.2 Å². The van der Waals surface area contributed by atoms with Crippen LogP contribution in [0, 0.1) is 0 Å². The molecule has 5 N–H and O–H groups in total. The minimum Gasteiger partial charge on any atom is -0.513 e. The molecular formula is C15H27N3O4S. The molecule has 0 aromatic carbocycles. The second-order valence-corrected chi connectivity index (χ2v) is 6.39. The summed E-state index contributed by atoms with van der Waals surface area (Å²) in [7, 11) is 0. The first-order valence-corrected chi connectivity index (χ1v) is 8.62. The van der Waals surface area contributed by atoms with Crippen molar-refractivity contribution in [1.29, 1.82) is 0 Å². The number of unbranched alkanes of at least 4 members (excludes halogenated alkanes) is 2. The molecule has 23 heavy (non-hydrogen) atoms. The van der Waals surface area contributed by atoms with Gasteiger partial charge in [-0.1, -0.05) is 24.8 Å². The first kappa shape index (κ1) is 21.5. The molecule has 0 aliphatic rings. The van der Waals surface area contributed by atoms with E-state index in [4.69, 9.17) is 5.73 Å². The van der Waals surface area contributed by atoms with E-state index in [0.717, 1.165) is 18.6 Å². The summed E-state index contributed by atoms with van der Waals surface area (Å²) in [6.45, 7) is 5.47. The van der Waals surface area contributed by atoms with Gasteiger partial charge in [-0.25, -0.2) is 0 Å². The van der Waals surface area contributed by atoms with Gasteiger partial charge in [-0.3, -0.25) is 14.4 Å². The Kier molecular flexibility index (Phi) is 12.1. The SMILES string of the molecule is C=C(O)C[C@H](NC(=O)CCCCCSC(C)=O)C(=O)NCCN. The number of nitrogens with two attached hydrogens (primary N) is 1. The molecule has 0 rings (SSSR count). The predicted molar refractivity (Wildman–Crippen MR) is 92.0 cm³/mol. The van der Waals surface area contributed by atoms with Crippen LogP contribution in [0.5, 0.6) is 0 Å². The molecule has 0 saturated heterocycles. The molecule has 0 aromatic rings. The van der Waals surface area contributed by atoms with Crippen LogP contribution in [0.3, 0.4) is 0 Å². The first-order valence-electron chi connectivity index (χ1n) is 7.64. The van der Waals surface area contributed by atoms with Crippen molar-refractivity contribution in [3.63, 3.8) is 0 Å². The average molecular weight is 345 g/mol. The van der Waals surface area contributed by atoms with E-state index in [1.54, 1.807) is 0 Å². The zero-order valence-corrected chi connectivity index (χ0v) is 14.4. The Bertz CT molecular complexity index is 416. The third-order valence-electron chi connectivity index (χ3n) is 2.89. The highest BCUT2D eigenvalue weighted by Gasteiger charge is 2.21. The zero-order chi connectivity index (χ0) is 17.7. The van der Waals surface area contributed by atoms with Crippen molar-refractivity contribution in [3.8, 4) is 0 Å². The maximum atomic E-state index is 11.9. The standard InChI is InChI=1S/C15H27N3O4S/c1-11(19)10-13(15(22)17-8-7-16)18-14(21)6-4-3-5-9-23-12(2)20/h13,19H,1,3-10,16H2,2H3,(H,17,22)(H,18,21)/t13-/m0/s1. The minimum absolute atomic E-state index is 0.0304. The van der Waals surface area contributed by atoms with Crippen LogP contribution < -0.4 is 16.4 Å². The molecule has 7 nitrogen and oxygen atoms in total. The Morgan fingerprint density at radius 2 is 1.96 bits per heavy atom. The van der Waals surface area contributed by atoms with Gasteiger partial charge in [-0.2, -0.15) is 0 Å². The number of nitrogens with one attached hydrogen (secondary N) is 2. The number of carbonyl (C=O) groups excluding carboxylic acids is 3. The van der Waals surface area contributed by atoms with Gasteiger partial charge in [0.2, 0.25) is 11.8 Å². The maximum absolute atomic E-state index is 11.9. The number of aliphatic hydroxyl groups excluding tert-OH is 1. The van der Waals surface area contributed by atoms with Crippen LogP contribution in [0.2, 0.25) is 0 Å². The Balaban J connectivity index is 4.09. The topological polar surface area (TPSA) is 122 Å². The van der Waals surface area contributed by atoms with E-state index in [1.807, 2.05) is 0 Å². The van der Waals surface area contributed by atoms with Gasteiger partial charge in [0.05, 0.1) is 5.76 Å². The van der Waals surface area contributed by atoms with Crippen LogP contribution in [-0.2, 0) is 14.4 Å². The third kappa shape index (κ3) is 12.7. The fourth-order valence-electron chi connectivity index (χ4n) is 1.81. The predicted octanol–water partition coefficient (Wildman–Crippen LogP) is 0.848. The van der Waals surface area contributed by atoms with Crippen LogP contribution in [-0.4, -0.2) is 46.9 Å². The summed E-state index contributed by atoms with van der Waals surface area (Å²) in [5.74, 6) is -0.0551. The van der Waals surface area contributed by atoms with Crippen molar-refractivity contribution >= 4 is 28.7 Å². The summed E-state index contributed by atoms with van der Waals surface area (Å²) in [6.07, 6.45) is 2.65. The van der Waals surface area contributed by atoms with Crippen LogP contribution in [0.1, 0.15) is 39.0 Å². The number of hydrogen-bond acceptors (Lipinski definition) is 6. The van der Waals surface area contributed by atoms with Gasteiger partial charge >= 0.3 is 0 Å². The van der Waals surface area contributed by atoms with E-state index >= 15 is 0 Å². The van der Waals surface area contributed by atoms with Crippen LogP contribution >= 0.6 is 11.8 Å². The Morgan fingerprint density at radius 3 is 2.52 bits per heavy atom. The summed E-state index contributed by atoms with van der Waals surface area (Å²) < 4.78 is 0. The van der Waals surface area contributed by atoms with E-state index in [1.165, 1.54) is 18.7 Å². The maximum Gasteiger partial charge on any atom is 0.243 e. The quantitative estimate of drug-likeness (QED) is 0.307. The number of thioether (sulfide) groups is 1. The molecule has 0 spiro atoms. The second-order valence-electron chi connectivity index (χ2n) is 5.12. The Hall–Kier alpha value is -1.54. The summed E-state index contributed by atoms with van der Waals surface area (Å²) in [6, 6.07) is -0.847. The van der Waals surface area contributed by atoms with Crippen molar-refractivity contribution in [3.05, 3.63) is 12.3 Å². The molecule has 132 valence electrons. The molecule has 0 fully saturated rings. The third-order valence-corrected chi connectivity index (χ3v) is 3.79. The molecule has 0 unspecified atom stereocenters. The fraction of sp³-hybridized carbons (Fsp3) is 0.667. The fourth-order valence-corrected chi connectivity index (χ4v) is 2.45. The van der Waals surface area contributed by atoms with Gasteiger partial charge in [0, 0.05) is 38.6 Å². The molecule has 0 saturated carbocycles. The summed E-state index contributed by atoms with van der Waals surface area (Å²) in [4.78, 5) is 34.5. The van der Waals surface area contributed by atoms with Gasteiger partial charge in [0.1, 0.15) is 6.04 Å². The number of aliphatic hydroxyl groups is 1. The van der Waals surface area contributed by atoms with Crippen LogP contribution in [0.15, 0.2) is 12.3 Å². The molecule has 0 heterocycles. The normalized spacial score (nSPS) is 11.6. The monoisotopic (exact) mass is 345 g/mol. The molecule has 1 atom stereocenters. The number of hydrogen-bond donors (Lipinski definition) is 4. The number of rotatable bonds is 12. The van der Waals surface area contributed by atoms with Crippen molar-refractivity contribution in [2.75, 3.05) is 18.8 Å². The van der Waals surface area contributed by atoms with E-state index < -0.39 is 11.9 Å². The van der Waals surface area contributed by atoms with Gasteiger partial charge < -0.3 is 21.5 Å². The highest BCUT2D eigenvalue weighted by molar-refractivity contribution is 8.13. The lowest BCUT2D eigenvalue weighted by Crippen LogP contribution is -2.47. The van der Waals surface area contributed by atoms with E-state index in [0.29, 0.717) is 25.9 Å². The van der Waals surface area contributed by atoms with Crippen molar-refractivity contribution < 1.29 is 19.5 Å². The van der Waals surface area contributed by atoms with Crippen molar-refractivity contribution in [2.45, 2.75) is 45.1 Å². The molecule has 8 heteroatoms. The second kappa shape index (κ2) is 13.0. The average Bonchev–Trinajstić information content (AvgIpc) is 2.46. The van der Waals surface area contributed by atoms with Gasteiger partial charge in [0.25, 0.3) is 0 Å². The highest BCUT2D eigenvalue weighted by Crippen LogP contribution is 2.08. The Morgan fingerprint density at radius 1 is 1.26 bits per heavy atom. The van der Waals surface area contributed by atoms with Gasteiger partial charge in [0.15, 0.2) is 5.12 Å². The molecule has 0 aliphatic carbocycles. The van der Waals surface area contributed by atoms with Crippen LogP contribution in [0.4, 0.5) is 0 Å². The van der Waals surface area contributed by atoms with E-state index in [9.17, 15) is 19.5 Å². The van der Waals surface area contributed by atoms with Gasteiger partial charge in [-0.15, -0.1) is 0 Å². The number of amides is 2. The molecule has 0 aromatic heterocycles. The largest absolute Gasteiger partial charge is 0.513 e.